The van der Waals surface area contributed by atoms with Gasteiger partial charge in [-0.2, -0.15) is 0 Å². The van der Waals surface area contributed by atoms with E-state index < -0.39 is 11.3 Å². The number of benzene rings is 1. The van der Waals surface area contributed by atoms with Crippen LogP contribution in [0.2, 0.25) is 5.02 Å². The van der Waals surface area contributed by atoms with Gasteiger partial charge in [-0.3, -0.25) is 9.59 Å². The highest BCUT2D eigenvalue weighted by atomic mass is 35.5. The molecule has 0 aromatic heterocycles. The minimum atomic E-state index is -0.537. The van der Waals surface area contributed by atoms with Gasteiger partial charge in [0.25, 0.3) is 0 Å². The number of hydrogen-bond acceptors (Lipinski definition) is 2. The zero-order valence-electron chi connectivity index (χ0n) is 9.20. The number of halogens is 1. The monoisotopic (exact) mass is 252 g/mol. The Morgan fingerprint density at radius 1 is 1.29 bits per heavy atom. The normalized spacial score (nSPS) is 16.3. The number of carbonyl (C=O) groups is 2. The summed E-state index contributed by atoms with van der Waals surface area (Å²) in [5.41, 5.74) is 5.44. The molecule has 0 bridgehead atoms. The van der Waals surface area contributed by atoms with Crippen molar-refractivity contribution in [2.24, 2.45) is 5.73 Å². The van der Waals surface area contributed by atoms with Crippen LogP contribution in [0.1, 0.15) is 18.4 Å². The molecule has 5 heteroatoms. The van der Waals surface area contributed by atoms with E-state index in [1.807, 2.05) is 12.1 Å². The van der Waals surface area contributed by atoms with E-state index in [0.717, 1.165) is 18.4 Å². The van der Waals surface area contributed by atoms with E-state index >= 15 is 0 Å². The van der Waals surface area contributed by atoms with Gasteiger partial charge in [0.15, 0.2) is 0 Å². The van der Waals surface area contributed by atoms with Crippen LogP contribution >= 0.6 is 11.6 Å². The third-order valence-electron chi connectivity index (χ3n) is 3.00. The standard InChI is InChI=1S/C12H13ClN2O2/c13-9-3-1-8(2-4-9)12(5-6-12)11(17)15-7-10(14)16/h1-4H,5-7H2,(H2,14,16)(H,15,17). The lowest BCUT2D eigenvalue weighted by Gasteiger charge is -2.15. The third-order valence-corrected chi connectivity index (χ3v) is 3.26. The summed E-state index contributed by atoms with van der Waals surface area (Å²) in [5.74, 6) is -0.677. The molecule has 17 heavy (non-hydrogen) atoms. The van der Waals surface area contributed by atoms with Gasteiger partial charge in [0, 0.05) is 5.02 Å². The van der Waals surface area contributed by atoms with Crippen LogP contribution in [0.25, 0.3) is 0 Å². The second-order valence-electron chi connectivity index (χ2n) is 4.24. The van der Waals surface area contributed by atoms with Crippen LogP contribution in [-0.2, 0) is 15.0 Å². The molecule has 1 aliphatic carbocycles. The molecule has 0 heterocycles. The maximum absolute atomic E-state index is 12.0. The summed E-state index contributed by atoms with van der Waals surface area (Å²) in [7, 11) is 0. The van der Waals surface area contributed by atoms with Gasteiger partial charge >= 0.3 is 0 Å². The van der Waals surface area contributed by atoms with E-state index in [9.17, 15) is 9.59 Å². The summed E-state index contributed by atoms with van der Waals surface area (Å²) in [6.45, 7) is -0.117. The van der Waals surface area contributed by atoms with E-state index in [-0.39, 0.29) is 12.5 Å². The number of nitrogens with one attached hydrogen (secondary N) is 1. The molecule has 0 radical (unpaired) electrons. The number of rotatable bonds is 4. The molecule has 1 fully saturated rings. The third kappa shape index (κ3) is 2.42. The first-order valence-corrected chi connectivity index (χ1v) is 5.75. The van der Waals surface area contributed by atoms with Crippen molar-refractivity contribution in [1.82, 2.24) is 5.32 Å². The molecule has 4 nitrogen and oxygen atoms in total. The zero-order valence-corrected chi connectivity index (χ0v) is 9.96. The topological polar surface area (TPSA) is 72.2 Å². The summed E-state index contributed by atoms with van der Waals surface area (Å²) in [6, 6.07) is 7.22. The summed E-state index contributed by atoms with van der Waals surface area (Å²) in [4.78, 5) is 22.6. The average molecular weight is 253 g/mol. The lowest BCUT2D eigenvalue weighted by atomic mass is 9.95. The lowest BCUT2D eigenvalue weighted by Crippen LogP contribution is -2.39. The summed E-state index contributed by atoms with van der Waals surface area (Å²) in [6.07, 6.45) is 1.58. The SMILES string of the molecule is NC(=O)CNC(=O)C1(c2ccc(Cl)cc2)CC1. The zero-order chi connectivity index (χ0) is 12.5. The van der Waals surface area contributed by atoms with Crippen molar-refractivity contribution in [3.63, 3.8) is 0 Å². The Morgan fingerprint density at radius 3 is 2.35 bits per heavy atom. The van der Waals surface area contributed by atoms with E-state index in [1.54, 1.807) is 12.1 Å². The van der Waals surface area contributed by atoms with E-state index in [4.69, 9.17) is 17.3 Å². The van der Waals surface area contributed by atoms with Crippen molar-refractivity contribution in [3.8, 4) is 0 Å². The number of carbonyl (C=O) groups excluding carboxylic acids is 2. The Hall–Kier alpha value is -1.55. The van der Waals surface area contributed by atoms with Crippen LogP contribution in [0.5, 0.6) is 0 Å². The van der Waals surface area contributed by atoms with Gasteiger partial charge in [-0.1, -0.05) is 23.7 Å². The average Bonchev–Trinajstić information content (AvgIpc) is 3.08. The van der Waals surface area contributed by atoms with Gasteiger partial charge < -0.3 is 11.1 Å². The predicted molar refractivity (Wildman–Crippen MR) is 64.6 cm³/mol. The molecule has 1 saturated carbocycles. The molecule has 1 aromatic rings. The largest absolute Gasteiger partial charge is 0.368 e. The van der Waals surface area contributed by atoms with Gasteiger partial charge in [0.1, 0.15) is 0 Å². The Kier molecular flexibility index (Phi) is 3.07. The molecular formula is C12H13ClN2O2. The highest BCUT2D eigenvalue weighted by Crippen LogP contribution is 2.48. The van der Waals surface area contributed by atoms with Gasteiger partial charge in [-0.15, -0.1) is 0 Å². The van der Waals surface area contributed by atoms with E-state index in [2.05, 4.69) is 5.32 Å². The van der Waals surface area contributed by atoms with Crippen molar-refractivity contribution in [2.75, 3.05) is 6.54 Å². The first-order valence-electron chi connectivity index (χ1n) is 5.37. The predicted octanol–water partition coefficient (Wildman–Crippen LogP) is 0.973. The van der Waals surface area contributed by atoms with Crippen molar-refractivity contribution in [3.05, 3.63) is 34.9 Å². The van der Waals surface area contributed by atoms with Crippen molar-refractivity contribution >= 4 is 23.4 Å². The van der Waals surface area contributed by atoms with Crippen LogP contribution in [0.4, 0.5) is 0 Å². The van der Waals surface area contributed by atoms with Gasteiger partial charge in [0.05, 0.1) is 12.0 Å². The fourth-order valence-electron chi connectivity index (χ4n) is 1.88. The highest BCUT2D eigenvalue weighted by Gasteiger charge is 2.51. The molecule has 2 amide bonds. The Morgan fingerprint density at radius 2 is 1.88 bits per heavy atom. The molecule has 90 valence electrons. The minimum absolute atomic E-state index is 0.117. The molecule has 0 aliphatic heterocycles. The molecule has 1 aromatic carbocycles. The second kappa shape index (κ2) is 4.37. The molecule has 0 atom stereocenters. The fourth-order valence-corrected chi connectivity index (χ4v) is 2.00. The van der Waals surface area contributed by atoms with Crippen molar-refractivity contribution in [1.29, 1.82) is 0 Å². The van der Waals surface area contributed by atoms with Gasteiger partial charge in [-0.05, 0) is 30.5 Å². The number of nitrogens with two attached hydrogens (primary N) is 1. The van der Waals surface area contributed by atoms with Gasteiger partial charge in [-0.25, -0.2) is 0 Å². The fraction of sp³-hybridized carbons (Fsp3) is 0.333. The van der Waals surface area contributed by atoms with Crippen LogP contribution in [0.3, 0.4) is 0 Å². The quantitative estimate of drug-likeness (QED) is 0.838. The maximum Gasteiger partial charge on any atom is 0.236 e. The van der Waals surface area contributed by atoms with Crippen LogP contribution in [0, 0.1) is 0 Å². The van der Waals surface area contributed by atoms with Crippen molar-refractivity contribution < 1.29 is 9.59 Å². The first kappa shape index (κ1) is 11.9. The Labute approximate surface area is 104 Å². The van der Waals surface area contributed by atoms with Crippen LogP contribution < -0.4 is 11.1 Å². The molecule has 1 aliphatic rings. The van der Waals surface area contributed by atoms with Crippen LogP contribution in [0.15, 0.2) is 24.3 Å². The molecule has 3 N–H and O–H groups in total. The van der Waals surface area contributed by atoms with E-state index in [1.165, 1.54) is 0 Å². The van der Waals surface area contributed by atoms with Gasteiger partial charge in [0.2, 0.25) is 11.8 Å². The molecule has 0 spiro atoms. The van der Waals surface area contributed by atoms with E-state index in [0.29, 0.717) is 5.02 Å². The molecule has 2 rings (SSSR count). The molecule has 0 unspecified atom stereocenters. The first-order chi connectivity index (χ1) is 8.04. The Balaban J connectivity index is 2.11. The second-order valence-corrected chi connectivity index (χ2v) is 4.67. The Bertz CT molecular complexity index is 452. The molecule has 0 saturated heterocycles. The maximum atomic E-state index is 12.0. The smallest absolute Gasteiger partial charge is 0.236 e. The summed E-state index contributed by atoms with van der Waals surface area (Å²) < 4.78 is 0. The van der Waals surface area contributed by atoms with Crippen LogP contribution in [-0.4, -0.2) is 18.4 Å². The highest BCUT2D eigenvalue weighted by molar-refractivity contribution is 6.30. The molecular weight excluding hydrogens is 240 g/mol. The lowest BCUT2D eigenvalue weighted by molar-refractivity contribution is -0.126. The number of hydrogen-bond donors (Lipinski definition) is 2. The number of primary amides is 1. The summed E-state index contributed by atoms with van der Waals surface area (Å²) >= 11 is 5.80. The van der Waals surface area contributed by atoms with Crippen molar-refractivity contribution in [2.45, 2.75) is 18.3 Å². The number of amides is 2. The summed E-state index contributed by atoms with van der Waals surface area (Å²) in [5, 5.41) is 3.19. The minimum Gasteiger partial charge on any atom is -0.368 e.